The monoisotopic (exact) mass is 361 g/mol. The molecule has 1 aromatic rings. The van der Waals surface area contributed by atoms with Crippen LogP contribution in [0.3, 0.4) is 0 Å². The molecule has 1 fully saturated rings. The van der Waals surface area contributed by atoms with Crippen LogP contribution in [0.15, 0.2) is 24.3 Å². The smallest absolute Gasteiger partial charge is 0.236 e. The van der Waals surface area contributed by atoms with Gasteiger partial charge in [-0.15, -0.1) is 24.8 Å². The van der Waals surface area contributed by atoms with Crippen molar-refractivity contribution in [2.75, 3.05) is 13.1 Å². The average Bonchev–Trinajstić information content (AvgIpc) is 2.48. The van der Waals surface area contributed by atoms with Crippen molar-refractivity contribution >= 4 is 30.7 Å². The van der Waals surface area contributed by atoms with E-state index in [2.05, 4.69) is 35.3 Å². The van der Waals surface area contributed by atoms with Crippen LogP contribution >= 0.6 is 24.8 Å². The number of rotatable bonds is 5. The molecule has 1 aliphatic heterocycles. The third kappa shape index (κ3) is 7.08. The van der Waals surface area contributed by atoms with Crippen LogP contribution in [0.4, 0.5) is 0 Å². The first-order valence-electron chi connectivity index (χ1n) is 7.88. The van der Waals surface area contributed by atoms with Gasteiger partial charge in [-0.1, -0.05) is 31.2 Å². The lowest BCUT2D eigenvalue weighted by atomic mass is 9.98. The highest BCUT2D eigenvalue weighted by Crippen LogP contribution is 2.19. The fraction of sp³-hybridized carbons (Fsp3) is 0.588. The number of benzene rings is 1. The number of nitrogens with two attached hydrogens (primary N) is 1. The molecule has 0 spiro atoms. The van der Waals surface area contributed by atoms with Gasteiger partial charge < -0.3 is 11.1 Å². The maximum absolute atomic E-state index is 11.6. The molecule has 6 heteroatoms. The minimum absolute atomic E-state index is 0. The molecule has 1 saturated heterocycles. The number of piperidine rings is 1. The standard InChI is InChI=1S/C17H27N3O.2ClH/c1-13-7-9-20(10-8-13)12-16-6-4-3-5-15(16)11-19-17(21)14(2)18;;/h3-6,13-14H,7-12,18H2,1-2H3,(H,19,21);2*1H/t14-;;/m1../s1. The molecule has 2 rings (SSSR count). The second-order valence-corrected chi connectivity index (χ2v) is 6.23. The summed E-state index contributed by atoms with van der Waals surface area (Å²) in [6, 6.07) is 7.88. The lowest BCUT2D eigenvalue weighted by molar-refractivity contribution is -0.122. The van der Waals surface area contributed by atoms with E-state index in [1.165, 1.54) is 37.1 Å². The van der Waals surface area contributed by atoms with Gasteiger partial charge in [0, 0.05) is 13.1 Å². The van der Waals surface area contributed by atoms with Gasteiger partial charge in [0.25, 0.3) is 0 Å². The minimum Gasteiger partial charge on any atom is -0.351 e. The summed E-state index contributed by atoms with van der Waals surface area (Å²) >= 11 is 0. The quantitative estimate of drug-likeness (QED) is 0.847. The first-order chi connectivity index (χ1) is 10.1. The van der Waals surface area contributed by atoms with Crippen LogP contribution in [0.2, 0.25) is 0 Å². The molecule has 1 aromatic carbocycles. The zero-order chi connectivity index (χ0) is 15.2. The van der Waals surface area contributed by atoms with Crippen LogP contribution in [-0.4, -0.2) is 29.9 Å². The Kier molecular flexibility index (Phi) is 10.5. The van der Waals surface area contributed by atoms with Crippen LogP contribution < -0.4 is 11.1 Å². The molecule has 1 atom stereocenters. The second-order valence-electron chi connectivity index (χ2n) is 6.23. The fourth-order valence-corrected chi connectivity index (χ4v) is 2.69. The molecule has 0 aromatic heterocycles. The largest absolute Gasteiger partial charge is 0.351 e. The summed E-state index contributed by atoms with van der Waals surface area (Å²) < 4.78 is 0. The van der Waals surface area contributed by atoms with Gasteiger partial charge in [-0.25, -0.2) is 0 Å². The summed E-state index contributed by atoms with van der Waals surface area (Å²) in [4.78, 5) is 14.1. The molecular weight excluding hydrogens is 333 g/mol. The molecule has 1 heterocycles. The first-order valence-corrected chi connectivity index (χ1v) is 7.88. The summed E-state index contributed by atoms with van der Waals surface area (Å²) in [7, 11) is 0. The normalized spacial score (nSPS) is 16.8. The van der Waals surface area contributed by atoms with Gasteiger partial charge in [0.2, 0.25) is 5.91 Å². The molecule has 4 nitrogen and oxygen atoms in total. The van der Waals surface area contributed by atoms with E-state index in [1.54, 1.807) is 6.92 Å². The van der Waals surface area contributed by atoms with Gasteiger partial charge in [0.05, 0.1) is 6.04 Å². The van der Waals surface area contributed by atoms with Crippen molar-refractivity contribution in [2.45, 2.75) is 45.8 Å². The summed E-state index contributed by atoms with van der Waals surface area (Å²) in [6.45, 7) is 7.89. The Bertz CT molecular complexity index is 475. The maximum Gasteiger partial charge on any atom is 0.236 e. The molecule has 0 bridgehead atoms. The van der Waals surface area contributed by atoms with Gasteiger partial charge in [-0.3, -0.25) is 9.69 Å². The molecule has 0 saturated carbocycles. The number of hydrogen-bond acceptors (Lipinski definition) is 3. The van der Waals surface area contributed by atoms with Crippen molar-refractivity contribution in [2.24, 2.45) is 11.7 Å². The van der Waals surface area contributed by atoms with Gasteiger partial charge in [0.1, 0.15) is 0 Å². The van der Waals surface area contributed by atoms with E-state index in [4.69, 9.17) is 5.73 Å². The van der Waals surface area contributed by atoms with Gasteiger partial charge in [0.15, 0.2) is 0 Å². The second kappa shape index (κ2) is 10.9. The predicted molar refractivity (Wildman–Crippen MR) is 100 cm³/mol. The molecule has 0 unspecified atom stereocenters. The molecule has 0 aliphatic carbocycles. The lowest BCUT2D eigenvalue weighted by Crippen LogP contribution is -2.38. The van der Waals surface area contributed by atoms with Crippen LogP contribution in [0, 0.1) is 5.92 Å². The van der Waals surface area contributed by atoms with Crippen LogP contribution in [0.1, 0.15) is 37.8 Å². The van der Waals surface area contributed by atoms with Crippen LogP contribution in [0.5, 0.6) is 0 Å². The highest BCUT2D eigenvalue weighted by atomic mass is 35.5. The molecule has 23 heavy (non-hydrogen) atoms. The molecule has 3 N–H and O–H groups in total. The number of carbonyl (C=O) groups excluding carboxylic acids is 1. The van der Waals surface area contributed by atoms with Gasteiger partial charge in [-0.05, 0) is 49.9 Å². The summed E-state index contributed by atoms with van der Waals surface area (Å²) in [5.74, 6) is 0.749. The Morgan fingerprint density at radius 1 is 1.26 bits per heavy atom. The number of nitrogens with one attached hydrogen (secondary N) is 1. The van der Waals surface area contributed by atoms with Crippen molar-refractivity contribution in [3.05, 3.63) is 35.4 Å². The zero-order valence-corrected chi connectivity index (χ0v) is 15.6. The number of carbonyl (C=O) groups is 1. The SMILES string of the molecule is CC1CCN(Cc2ccccc2CNC(=O)[C@@H](C)N)CC1.Cl.Cl. The average molecular weight is 362 g/mol. The third-order valence-corrected chi connectivity index (χ3v) is 4.26. The van der Waals surface area contributed by atoms with E-state index in [1.807, 2.05) is 6.07 Å². The maximum atomic E-state index is 11.6. The number of hydrogen-bond donors (Lipinski definition) is 2. The van der Waals surface area contributed by atoms with E-state index >= 15 is 0 Å². The van der Waals surface area contributed by atoms with E-state index < -0.39 is 6.04 Å². The molecule has 0 radical (unpaired) electrons. The van der Waals surface area contributed by atoms with Crippen LogP contribution in [0.25, 0.3) is 0 Å². The highest BCUT2D eigenvalue weighted by Gasteiger charge is 2.17. The zero-order valence-electron chi connectivity index (χ0n) is 14.0. The third-order valence-electron chi connectivity index (χ3n) is 4.26. The van der Waals surface area contributed by atoms with Gasteiger partial charge in [-0.2, -0.15) is 0 Å². The number of halogens is 2. The van der Waals surface area contributed by atoms with E-state index in [0.29, 0.717) is 6.54 Å². The molecule has 1 aliphatic rings. The van der Waals surface area contributed by atoms with E-state index in [0.717, 1.165) is 12.5 Å². The van der Waals surface area contributed by atoms with E-state index in [-0.39, 0.29) is 30.7 Å². The number of nitrogens with zero attached hydrogens (tertiary/aromatic N) is 1. The Labute approximate surface area is 152 Å². The highest BCUT2D eigenvalue weighted by molar-refractivity contribution is 5.85. The number of likely N-dealkylation sites (tertiary alicyclic amines) is 1. The van der Waals surface area contributed by atoms with Crippen molar-refractivity contribution in [3.8, 4) is 0 Å². The summed E-state index contributed by atoms with van der Waals surface area (Å²) in [6.07, 6.45) is 2.56. The lowest BCUT2D eigenvalue weighted by Gasteiger charge is -2.30. The first kappa shape index (κ1) is 22.2. The Balaban J connectivity index is 0.00000242. The Hall–Kier alpha value is -0.810. The van der Waals surface area contributed by atoms with Crippen molar-refractivity contribution in [1.82, 2.24) is 10.2 Å². The van der Waals surface area contributed by atoms with E-state index in [9.17, 15) is 4.79 Å². The van der Waals surface area contributed by atoms with Crippen molar-refractivity contribution < 1.29 is 4.79 Å². The fourth-order valence-electron chi connectivity index (χ4n) is 2.69. The van der Waals surface area contributed by atoms with Crippen molar-refractivity contribution in [1.29, 1.82) is 0 Å². The predicted octanol–water partition coefficient (Wildman–Crippen LogP) is 2.73. The Morgan fingerprint density at radius 2 is 1.83 bits per heavy atom. The molecular formula is C17H29Cl2N3O. The summed E-state index contributed by atoms with van der Waals surface area (Å²) in [5.41, 5.74) is 8.07. The Morgan fingerprint density at radius 3 is 2.39 bits per heavy atom. The molecule has 132 valence electrons. The van der Waals surface area contributed by atoms with Gasteiger partial charge >= 0.3 is 0 Å². The summed E-state index contributed by atoms with van der Waals surface area (Å²) in [5, 5.41) is 2.90. The molecule has 1 amide bonds. The van der Waals surface area contributed by atoms with Crippen molar-refractivity contribution in [3.63, 3.8) is 0 Å². The van der Waals surface area contributed by atoms with Crippen LogP contribution in [-0.2, 0) is 17.9 Å². The minimum atomic E-state index is -0.458. The number of amides is 1. The topological polar surface area (TPSA) is 58.4 Å².